The average Bonchev–Trinajstić information content (AvgIpc) is 1.82. The van der Waals surface area contributed by atoms with Crippen molar-refractivity contribution in [3.63, 3.8) is 0 Å². The Morgan fingerprint density at radius 3 is 2.00 bits per heavy atom. The van der Waals surface area contributed by atoms with Gasteiger partial charge in [0.15, 0.2) is 0 Å². The first-order valence-electron chi connectivity index (χ1n) is 4.23. The summed E-state index contributed by atoms with van der Waals surface area (Å²) in [7, 11) is 0. The van der Waals surface area contributed by atoms with Crippen molar-refractivity contribution in [2.45, 2.75) is 33.6 Å². The van der Waals surface area contributed by atoms with Gasteiger partial charge in [0.2, 0.25) is 0 Å². The number of carbonyl (C=O) groups is 2. The summed E-state index contributed by atoms with van der Waals surface area (Å²) < 4.78 is 0. The molecule has 0 spiro atoms. The van der Waals surface area contributed by atoms with Crippen molar-refractivity contribution in [1.29, 1.82) is 0 Å². The van der Waals surface area contributed by atoms with Crippen molar-refractivity contribution in [3.05, 3.63) is 0 Å². The molecule has 0 amide bonds. The zero-order valence-corrected chi connectivity index (χ0v) is 8.20. The van der Waals surface area contributed by atoms with Crippen molar-refractivity contribution < 1.29 is 19.8 Å². The van der Waals surface area contributed by atoms with E-state index >= 15 is 0 Å². The average molecular weight is 188 g/mol. The minimum atomic E-state index is -1.14. The van der Waals surface area contributed by atoms with Crippen LogP contribution in [0.4, 0.5) is 0 Å². The smallest absolute Gasteiger partial charge is 0.309 e. The van der Waals surface area contributed by atoms with E-state index in [2.05, 4.69) is 0 Å². The summed E-state index contributed by atoms with van der Waals surface area (Å²) in [5.41, 5.74) is -1.14. The fourth-order valence-corrected chi connectivity index (χ4v) is 1.47. The van der Waals surface area contributed by atoms with E-state index in [-0.39, 0.29) is 12.3 Å². The zero-order valence-electron chi connectivity index (χ0n) is 8.20. The number of hydrogen-bond acceptors (Lipinski definition) is 2. The minimum Gasteiger partial charge on any atom is -0.481 e. The fraction of sp³-hybridized carbons (Fsp3) is 0.778. The predicted octanol–water partition coefficient (Wildman–Crippen LogP) is 1.60. The summed E-state index contributed by atoms with van der Waals surface area (Å²) in [5, 5.41) is 17.4. The molecule has 0 aliphatic rings. The number of carboxylic acids is 2. The van der Waals surface area contributed by atoms with Gasteiger partial charge in [0, 0.05) is 0 Å². The minimum absolute atomic E-state index is 0.181. The van der Waals surface area contributed by atoms with Crippen molar-refractivity contribution in [3.8, 4) is 0 Å². The summed E-state index contributed by atoms with van der Waals surface area (Å²) in [6.07, 6.45) is 0.0646. The Hall–Kier alpha value is -1.06. The van der Waals surface area contributed by atoms with Crippen molar-refractivity contribution >= 4 is 11.9 Å². The zero-order chi connectivity index (χ0) is 10.6. The normalized spacial score (nSPS) is 15.4. The van der Waals surface area contributed by atoms with Crippen LogP contribution in [0.2, 0.25) is 0 Å². The molecule has 0 saturated carbocycles. The molecule has 0 aromatic carbocycles. The molecule has 4 heteroatoms. The molecular weight excluding hydrogens is 172 g/mol. The molecule has 0 bridgehead atoms. The lowest BCUT2D eigenvalue weighted by molar-refractivity contribution is -0.155. The van der Waals surface area contributed by atoms with Gasteiger partial charge in [-0.05, 0) is 19.3 Å². The van der Waals surface area contributed by atoms with Gasteiger partial charge in [-0.3, -0.25) is 9.59 Å². The molecule has 0 aromatic rings. The van der Waals surface area contributed by atoms with Gasteiger partial charge in [-0.25, -0.2) is 0 Å². The van der Waals surface area contributed by atoms with Gasteiger partial charge in [-0.15, -0.1) is 0 Å². The van der Waals surface area contributed by atoms with E-state index in [1.165, 1.54) is 6.92 Å². The molecule has 4 nitrogen and oxygen atoms in total. The highest BCUT2D eigenvalue weighted by Gasteiger charge is 2.36. The second-order valence-corrected chi connectivity index (χ2v) is 4.03. The van der Waals surface area contributed by atoms with E-state index in [1.54, 1.807) is 0 Å². The maximum absolute atomic E-state index is 10.8. The summed E-state index contributed by atoms with van der Waals surface area (Å²) in [6, 6.07) is 0. The van der Waals surface area contributed by atoms with Crippen LogP contribution >= 0.6 is 0 Å². The van der Waals surface area contributed by atoms with Crippen LogP contribution in [0.25, 0.3) is 0 Å². The SMILES string of the molecule is CC(C)CC(C)(CC(=O)O)C(=O)O. The van der Waals surface area contributed by atoms with E-state index in [1.807, 2.05) is 13.8 Å². The van der Waals surface area contributed by atoms with Crippen LogP contribution in [0.3, 0.4) is 0 Å². The summed E-state index contributed by atoms with van der Waals surface area (Å²) in [5.74, 6) is -1.92. The lowest BCUT2D eigenvalue weighted by atomic mass is 9.79. The molecular formula is C9H16O4. The van der Waals surface area contributed by atoms with E-state index in [9.17, 15) is 9.59 Å². The molecule has 0 fully saturated rings. The van der Waals surface area contributed by atoms with Crippen LogP contribution in [0.1, 0.15) is 33.6 Å². The molecule has 13 heavy (non-hydrogen) atoms. The molecule has 76 valence electrons. The fourth-order valence-electron chi connectivity index (χ4n) is 1.47. The van der Waals surface area contributed by atoms with Crippen LogP contribution in [0.5, 0.6) is 0 Å². The first-order valence-corrected chi connectivity index (χ1v) is 4.23. The second-order valence-electron chi connectivity index (χ2n) is 4.03. The lowest BCUT2D eigenvalue weighted by Gasteiger charge is -2.24. The summed E-state index contributed by atoms with van der Waals surface area (Å²) in [6.45, 7) is 5.23. The van der Waals surface area contributed by atoms with Crippen LogP contribution in [0, 0.1) is 11.3 Å². The highest BCUT2D eigenvalue weighted by Crippen LogP contribution is 2.30. The molecule has 0 rings (SSSR count). The van der Waals surface area contributed by atoms with Gasteiger partial charge < -0.3 is 10.2 Å². The molecule has 0 heterocycles. The topological polar surface area (TPSA) is 74.6 Å². The quantitative estimate of drug-likeness (QED) is 0.687. The van der Waals surface area contributed by atoms with Crippen LogP contribution < -0.4 is 0 Å². The van der Waals surface area contributed by atoms with Gasteiger partial charge in [0.25, 0.3) is 0 Å². The van der Waals surface area contributed by atoms with Crippen LogP contribution in [0.15, 0.2) is 0 Å². The monoisotopic (exact) mass is 188 g/mol. The molecule has 1 unspecified atom stereocenters. The molecule has 0 aliphatic carbocycles. The maximum atomic E-state index is 10.8. The van der Waals surface area contributed by atoms with Crippen LogP contribution in [-0.4, -0.2) is 22.2 Å². The first-order chi connectivity index (χ1) is 5.78. The Bertz CT molecular complexity index is 210. The molecule has 0 saturated heterocycles. The van der Waals surface area contributed by atoms with Gasteiger partial charge in [0.1, 0.15) is 0 Å². The number of carboxylic acid groups (broad SMARTS) is 2. The third kappa shape index (κ3) is 3.92. The third-order valence-electron chi connectivity index (χ3n) is 1.92. The molecule has 0 aromatic heterocycles. The standard InChI is InChI=1S/C9H16O4/c1-6(2)4-9(3,8(12)13)5-7(10)11/h6H,4-5H2,1-3H3,(H,10,11)(H,12,13). The number of hydrogen-bond donors (Lipinski definition) is 2. The van der Waals surface area contributed by atoms with Gasteiger partial charge in [-0.1, -0.05) is 13.8 Å². The van der Waals surface area contributed by atoms with Crippen molar-refractivity contribution in [2.75, 3.05) is 0 Å². The van der Waals surface area contributed by atoms with Crippen molar-refractivity contribution in [1.82, 2.24) is 0 Å². The lowest BCUT2D eigenvalue weighted by Crippen LogP contribution is -2.31. The highest BCUT2D eigenvalue weighted by atomic mass is 16.4. The number of rotatable bonds is 5. The van der Waals surface area contributed by atoms with Crippen molar-refractivity contribution in [2.24, 2.45) is 11.3 Å². The van der Waals surface area contributed by atoms with Gasteiger partial charge in [0.05, 0.1) is 11.8 Å². The predicted molar refractivity (Wildman–Crippen MR) is 47.5 cm³/mol. The largest absolute Gasteiger partial charge is 0.481 e. The Labute approximate surface area is 77.6 Å². The van der Waals surface area contributed by atoms with Crippen LogP contribution in [-0.2, 0) is 9.59 Å². The Kier molecular flexibility index (Phi) is 3.91. The Morgan fingerprint density at radius 2 is 1.77 bits per heavy atom. The van der Waals surface area contributed by atoms with Gasteiger partial charge >= 0.3 is 11.9 Å². The van der Waals surface area contributed by atoms with E-state index in [0.29, 0.717) is 6.42 Å². The molecule has 2 N–H and O–H groups in total. The number of aliphatic carboxylic acids is 2. The molecule has 1 atom stereocenters. The molecule has 0 radical (unpaired) electrons. The molecule has 0 aliphatic heterocycles. The summed E-state index contributed by atoms with van der Waals surface area (Å²) in [4.78, 5) is 21.3. The highest BCUT2D eigenvalue weighted by molar-refractivity contribution is 5.81. The Morgan fingerprint density at radius 1 is 1.31 bits per heavy atom. The maximum Gasteiger partial charge on any atom is 0.309 e. The third-order valence-corrected chi connectivity index (χ3v) is 1.92. The van der Waals surface area contributed by atoms with E-state index in [4.69, 9.17) is 10.2 Å². The summed E-state index contributed by atoms with van der Waals surface area (Å²) >= 11 is 0. The van der Waals surface area contributed by atoms with E-state index < -0.39 is 17.4 Å². The van der Waals surface area contributed by atoms with E-state index in [0.717, 1.165) is 0 Å². The first kappa shape index (κ1) is 11.9. The second kappa shape index (κ2) is 4.25. The Balaban J connectivity index is 4.52. The van der Waals surface area contributed by atoms with Gasteiger partial charge in [-0.2, -0.15) is 0 Å².